The standard InChI is InChI=1S/C17H23BN2O3/c1-11-7-13(18-22-16(2,3)17(4,5)23-18)15-14(8-11)20-12(9-19-15)10-21-6/h7-9H,10H2,1-6H3/i6D3,10D2. The lowest BCUT2D eigenvalue weighted by Crippen LogP contribution is -2.41. The normalized spacial score (nSPS) is 23.9. The number of ether oxygens (including phenoxy) is 1. The summed E-state index contributed by atoms with van der Waals surface area (Å²) < 4.78 is 54.0. The molecule has 2 aromatic rings. The molecule has 1 aliphatic rings. The second-order valence-electron chi connectivity index (χ2n) is 6.77. The Morgan fingerprint density at radius 2 is 1.96 bits per heavy atom. The van der Waals surface area contributed by atoms with Crippen LogP contribution in [0, 0.1) is 6.92 Å². The van der Waals surface area contributed by atoms with Gasteiger partial charge < -0.3 is 14.0 Å². The number of hydrogen-bond donors (Lipinski definition) is 0. The summed E-state index contributed by atoms with van der Waals surface area (Å²) >= 11 is 0. The van der Waals surface area contributed by atoms with E-state index in [0.717, 1.165) is 5.56 Å². The number of rotatable bonds is 3. The predicted octanol–water partition coefficient (Wildman–Crippen LogP) is 2.38. The minimum Gasteiger partial charge on any atom is -0.399 e. The summed E-state index contributed by atoms with van der Waals surface area (Å²) in [6, 6.07) is 3.64. The fourth-order valence-electron chi connectivity index (χ4n) is 2.55. The van der Waals surface area contributed by atoms with Gasteiger partial charge in [-0.2, -0.15) is 0 Å². The molecule has 1 saturated heterocycles. The molecule has 0 unspecified atom stereocenters. The van der Waals surface area contributed by atoms with E-state index >= 15 is 0 Å². The maximum Gasteiger partial charge on any atom is 0.497 e. The maximum absolute atomic E-state index is 7.91. The molecule has 0 aliphatic carbocycles. The molecule has 0 radical (unpaired) electrons. The molecule has 5 nitrogen and oxygen atoms in total. The Bertz CT molecular complexity index is 902. The molecule has 0 atom stereocenters. The van der Waals surface area contributed by atoms with E-state index in [1.165, 1.54) is 6.20 Å². The molecule has 0 saturated carbocycles. The SMILES string of the molecule is [2H]C([2H])([2H])OC([2H])([2H])c1cnc2c(B3OC(C)(C)C(C)(C)O3)cc(C)cc2n1. The Morgan fingerprint density at radius 1 is 1.26 bits per heavy atom. The highest BCUT2D eigenvalue weighted by molar-refractivity contribution is 6.64. The van der Waals surface area contributed by atoms with Crippen LogP contribution in [-0.2, 0) is 20.6 Å². The summed E-state index contributed by atoms with van der Waals surface area (Å²) in [4.78, 5) is 8.61. The van der Waals surface area contributed by atoms with Gasteiger partial charge in [-0.05, 0) is 46.2 Å². The maximum atomic E-state index is 7.91. The topological polar surface area (TPSA) is 53.5 Å². The van der Waals surface area contributed by atoms with Crippen molar-refractivity contribution in [2.75, 3.05) is 7.04 Å². The van der Waals surface area contributed by atoms with Crippen LogP contribution >= 0.6 is 0 Å². The number of hydrogen-bond acceptors (Lipinski definition) is 5. The summed E-state index contributed by atoms with van der Waals surface area (Å²) in [7, 11) is -3.55. The Balaban J connectivity index is 2.06. The third-order valence-electron chi connectivity index (χ3n) is 4.48. The molecule has 0 spiro atoms. The molecule has 23 heavy (non-hydrogen) atoms. The zero-order valence-corrected chi connectivity index (χ0v) is 13.9. The van der Waals surface area contributed by atoms with Gasteiger partial charge in [0.05, 0.1) is 47.5 Å². The van der Waals surface area contributed by atoms with E-state index < -0.39 is 31.9 Å². The van der Waals surface area contributed by atoms with Crippen LogP contribution in [0.5, 0.6) is 0 Å². The molecule has 122 valence electrons. The average Bonchev–Trinajstić information content (AvgIpc) is 2.71. The molecular weight excluding hydrogens is 291 g/mol. The molecule has 3 rings (SSSR count). The highest BCUT2D eigenvalue weighted by Crippen LogP contribution is 2.36. The van der Waals surface area contributed by atoms with E-state index in [-0.39, 0.29) is 5.69 Å². The fourth-order valence-corrected chi connectivity index (χ4v) is 2.55. The number of aryl methyl sites for hydroxylation is 1. The van der Waals surface area contributed by atoms with Gasteiger partial charge >= 0.3 is 7.12 Å². The minimum atomic E-state index is -2.90. The van der Waals surface area contributed by atoms with Gasteiger partial charge in [0.1, 0.15) is 0 Å². The van der Waals surface area contributed by atoms with Crippen LogP contribution in [0.15, 0.2) is 18.3 Å². The van der Waals surface area contributed by atoms with Crippen molar-refractivity contribution in [2.45, 2.75) is 52.4 Å². The van der Waals surface area contributed by atoms with Crippen LogP contribution in [0.25, 0.3) is 11.0 Å². The zero-order valence-electron chi connectivity index (χ0n) is 18.9. The summed E-state index contributed by atoms with van der Waals surface area (Å²) in [5, 5.41) is 0. The summed E-state index contributed by atoms with van der Waals surface area (Å²) in [6.45, 7) is 7.08. The third kappa shape index (κ3) is 2.87. The van der Waals surface area contributed by atoms with Crippen molar-refractivity contribution in [2.24, 2.45) is 0 Å². The van der Waals surface area contributed by atoms with Gasteiger partial charge in [-0.25, -0.2) is 4.98 Å². The van der Waals surface area contributed by atoms with Gasteiger partial charge in [0.2, 0.25) is 0 Å². The van der Waals surface area contributed by atoms with Crippen molar-refractivity contribution in [3.8, 4) is 0 Å². The lowest BCUT2D eigenvalue weighted by Gasteiger charge is -2.32. The zero-order chi connectivity index (χ0) is 21.1. The van der Waals surface area contributed by atoms with Gasteiger partial charge in [0.25, 0.3) is 0 Å². The van der Waals surface area contributed by atoms with E-state index in [0.29, 0.717) is 16.5 Å². The van der Waals surface area contributed by atoms with Crippen LogP contribution in [-0.4, -0.2) is 35.3 Å². The van der Waals surface area contributed by atoms with Crippen LogP contribution in [0.3, 0.4) is 0 Å². The number of methoxy groups -OCH3 is 1. The van der Waals surface area contributed by atoms with Crippen LogP contribution in [0.4, 0.5) is 0 Å². The van der Waals surface area contributed by atoms with E-state index in [1.54, 1.807) is 6.07 Å². The largest absolute Gasteiger partial charge is 0.497 e. The van der Waals surface area contributed by atoms with Crippen molar-refractivity contribution < 1.29 is 20.9 Å². The Kier molecular flexibility index (Phi) is 2.68. The smallest absolute Gasteiger partial charge is 0.399 e. The van der Waals surface area contributed by atoms with Crippen LogP contribution in [0.1, 0.15) is 45.8 Å². The van der Waals surface area contributed by atoms with Gasteiger partial charge in [0, 0.05) is 12.5 Å². The van der Waals surface area contributed by atoms with Gasteiger partial charge in [0.15, 0.2) is 0 Å². The van der Waals surface area contributed by atoms with Crippen molar-refractivity contribution in [1.82, 2.24) is 9.97 Å². The van der Waals surface area contributed by atoms with Gasteiger partial charge in [-0.3, -0.25) is 4.98 Å². The lowest BCUT2D eigenvalue weighted by atomic mass is 9.77. The molecule has 2 heterocycles. The lowest BCUT2D eigenvalue weighted by molar-refractivity contribution is 0.00578. The van der Waals surface area contributed by atoms with Crippen molar-refractivity contribution in [1.29, 1.82) is 0 Å². The van der Waals surface area contributed by atoms with E-state index in [4.69, 9.17) is 16.2 Å². The quantitative estimate of drug-likeness (QED) is 0.813. The summed E-state index contributed by atoms with van der Waals surface area (Å²) in [6.07, 6.45) is 1.18. The first-order valence-corrected chi connectivity index (χ1v) is 7.45. The highest BCUT2D eigenvalue weighted by Gasteiger charge is 2.52. The second kappa shape index (κ2) is 5.55. The van der Waals surface area contributed by atoms with Crippen molar-refractivity contribution >= 4 is 23.6 Å². The van der Waals surface area contributed by atoms with Crippen LogP contribution < -0.4 is 5.46 Å². The van der Waals surface area contributed by atoms with E-state index in [9.17, 15) is 0 Å². The molecule has 0 N–H and O–H groups in total. The van der Waals surface area contributed by atoms with Gasteiger partial charge in [-0.1, -0.05) is 6.07 Å². The summed E-state index contributed by atoms with van der Waals surface area (Å²) in [5.41, 5.74) is 1.18. The molecule has 0 bridgehead atoms. The van der Waals surface area contributed by atoms with Gasteiger partial charge in [-0.15, -0.1) is 0 Å². The number of nitrogens with zero attached hydrogens (tertiary/aromatic N) is 2. The molecule has 0 amide bonds. The first-order chi connectivity index (χ1) is 12.6. The van der Waals surface area contributed by atoms with Crippen molar-refractivity contribution in [3.63, 3.8) is 0 Å². The summed E-state index contributed by atoms with van der Waals surface area (Å²) in [5.74, 6) is 0. The Morgan fingerprint density at radius 3 is 2.61 bits per heavy atom. The fraction of sp³-hybridized carbons (Fsp3) is 0.529. The molecule has 1 aromatic carbocycles. The molecule has 1 fully saturated rings. The Labute approximate surface area is 144 Å². The monoisotopic (exact) mass is 319 g/mol. The second-order valence-corrected chi connectivity index (χ2v) is 6.77. The average molecular weight is 319 g/mol. The molecule has 1 aromatic heterocycles. The number of benzene rings is 1. The first kappa shape index (κ1) is 11.1. The third-order valence-corrected chi connectivity index (χ3v) is 4.48. The first-order valence-electron chi connectivity index (χ1n) is 9.95. The van der Waals surface area contributed by atoms with Crippen molar-refractivity contribution in [3.05, 3.63) is 29.6 Å². The number of aromatic nitrogens is 2. The van der Waals surface area contributed by atoms with E-state index in [1.807, 2.05) is 40.7 Å². The Hall–Kier alpha value is -1.50. The predicted molar refractivity (Wildman–Crippen MR) is 90.7 cm³/mol. The highest BCUT2D eigenvalue weighted by atomic mass is 16.7. The minimum absolute atomic E-state index is 0.221. The molecule has 1 aliphatic heterocycles. The molecule has 6 heteroatoms. The molecular formula is C17H23BN2O3. The number of fused-ring (bicyclic) bond motifs is 1. The van der Waals surface area contributed by atoms with Crippen LogP contribution in [0.2, 0.25) is 0 Å². The van der Waals surface area contributed by atoms with E-state index in [2.05, 4.69) is 14.7 Å².